The number of hydrogen-bond donors (Lipinski definition) is 0. The van der Waals surface area contributed by atoms with Crippen LogP contribution < -0.4 is 0 Å². The number of benzene rings is 8. The normalized spacial score (nSPS) is 11.8. The third kappa shape index (κ3) is 4.43. The van der Waals surface area contributed by atoms with E-state index in [1.54, 1.807) is 11.3 Å². The van der Waals surface area contributed by atoms with E-state index >= 15 is 0 Å². The van der Waals surface area contributed by atoms with Gasteiger partial charge in [0, 0.05) is 58.7 Å². The van der Waals surface area contributed by atoms with Crippen LogP contribution in [0.5, 0.6) is 0 Å². The molecule has 0 fully saturated rings. The van der Waals surface area contributed by atoms with E-state index in [9.17, 15) is 0 Å². The van der Waals surface area contributed by atoms with Crippen LogP contribution in [0.15, 0.2) is 170 Å². The summed E-state index contributed by atoms with van der Waals surface area (Å²) in [6.07, 6.45) is 0. The third-order valence-electron chi connectivity index (χ3n) is 10.2. The Labute approximate surface area is 302 Å². The van der Waals surface area contributed by atoms with E-state index in [-0.39, 0.29) is 0 Å². The molecule has 0 radical (unpaired) electrons. The second-order valence-corrected chi connectivity index (χ2v) is 14.3. The van der Waals surface area contributed by atoms with Gasteiger partial charge in [0.15, 0.2) is 17.5 Å². The smallest absolute Gasteiger partial charge is 0.164 e. The maximum absolute atomic E-state index is 5.33. The standard InChI is InChI=1S/C47H28N4S/c1-2-14-32(15-3-1)51-39-21-8-6-17-34(39)35-27-26-31(28-40(35)51)45-48-46(37-19-10-13-30-25-24-29-12-4-5-16-33(29)43(30)37)50-47(49-45)38-20-11-23-42-44(38)36-18-7-9-22-41(36)52-42/h1-28H. The topological polar surface area (TPSA) is 43.6 Å². The molecule has 0 saturated heterocycles. The van der Waals surface area contributed by atoms with Gasteiger partial charge in [-0.15, -0.1) is 11.3 Å². The Bertz CT molecular complexity index is 3190. The average molecular weight is 681 g/mol. The van der Waals surface area contributed by atoms with Crippen molar-refractivity contribution >= 4 is 74.9 Å². The summed E-state index contributed by atoms with van der Waals surface area (Å²) in [6, 6.07) is 60.2. The fourth-order valence-electron chi connectivity index (χ4n) is 7.92. The molecule has 0 unspecified atom stereocenters. The largest absolute Gasteiger partial charge is 0.309 e. The molecule has 3 heterocycles. The molecule has 0 aliphatic rings. The predicted octanol–water partition coefficient (Wildman–Crippen LogP) is 12.6. The van der Waals surface area contributed by atoms with E-state index in [4.69, 9.17) is 15.0 Å². The van der Waals surface area contributed by atoms with Gasteiger partial charge >= 0.3 is 0 Å². The summed E-state index contributed by atoms with van der Waals surface area (Å²) < 4.78 is 4.80. The molecule has 4 nitrogen and oxygen atoms in total. The van der Waals surface area contributed by atoms with Gasteiger partial charge in [0.1, 0.15) is 0 Å². The second kappa shape index (κ2) is 11.4. The molecule has 3 aromatic heterocycles. The Balaban J connectivity index is 1.22. The SMILES string of the molecule is c1ccc(-n2c3ccccc3c3ccc(-c4nc(-c5cccc6ccc7ccccc7c56)nc(-c5cccc6sc7ccccc7c56)n4)cc32)cc1. The minimum absolute atomic E-state index is 0.639. The van der Waals surface area contributed by atoms with Gasteiger partial charge in [-0.05, 0) is 52.6 Å². The summed E-state index contributed by atoms with van der Waals surface area (Å²) in [5, 5.41) is 9.45. The molecule has 0 N–H and O–H groups in total. The number of aromatic nitrogens is 4. The molecule has 8 aromatic carbocycles. The highest BCUT2D eigenvalue weighted by molar-refractivity contribution is 7.25. The van der Waals surface area contributed by atoms with Gasteiger partial charge in [-0.2, -0.15) is 0 Å². The van der Waals surface area contributed by atoms with E-state index in [0.29, 0.717) is 17.5 Å². The Morgan fingerprint density at radius 2 is 1.00 bits per heavy atom. The Kier molecular flexibility index (Phi) is 6.39. The van der Waals surface area contributed by atoms with E-state index in [1.807, 2.05) is 0 Å². The first-order chi connectivity index (χ1) is 25.8. The van der Waals surface area contributed by atoms with Crippen molar-refractivity contribution in [1.29, 1.82) is 0 Å². The highest BCUT2D eigenvalue weighted by Crippen LogP contribution is 2.41. The lowest BCUT2D eigenvalue weighted by Gasteiger charge is -2.13. The van der Waals surface area contributed by atoms with Gasteiger partial charge in [0.25, 0.3) is 0 Å². The monoisotopic (exact) mass is 680 g/mol. The summed E-state index contributed by atoms with van der Waals surface area (Å²) >= 11 is 1.80. The van der Waals surface area contributed by atoms with E-state index < -0.39 is 0 Å². The van der Waals surface area contributed by atoms with Gasteiger partial charge in [0.05, 0.1) is 11.0 Å². The van der Waals surface area contributed by atoms with Crippen molar-refractivity contribution in [3.63, 3.8) is 0 Å². The lowest BCUT2D eigenvalue weighted by molar-refractivity contribution is 1.08. The fourth-order valence-corrected chi connectivity index (χ4v) is 9.05. The molecule has 0 spiro atoms. The maximum Gasteiger partial charge on any atom is 0.164 e. The highest BCUT2D eigenvalue weighted by atomic mass is 32.1. The molecule has 0 aliphatic heterocycles. The zero-order valence-electron chi connectivity index (χ0n) is 27.9. The van der Waals surface area contributed by atoms with Crippen LogP contribution in [0.1, 0.15) is 0 Å². The fraction of sp³-hybridized carbons (Fsp3) is 0. The van der Waals surface area contributed by atoms with Gasteiger partial charge < -0.3 is 4.57 Å². The number of para-hydroxylation sites is 2. The van der Waals surface area contributed by atoms with Crippen LogP contribution >= 0.6 is 11.3 Å². The molecule has 0 aliphatic carbocycles. The number of thiophene rings is 1. The third-order valence-corrected chi connectivity index (χ3v) is 11.4. The van der Waals surface area contributed by atoms with E-state index in [2.05, 4.69) is 174 Å². The van der Waals surface area contributed by atoms with Crippen LogP contribution in [0.3, 0.4) is 0 Å². The zero-order valence-corrected chi connectivity index (χ0v) is 28.7. The molecule has 52 heavy (non-hydrogen) atoms. The molecule has 11 rings (SSSR count). The molecular weight excluding hydrogens is 653 g/mol. The van der Waals surface area contributed by atoms with Crippen molar-refractivity contribution in [2.24, 2.45) is 0 Å². The van der Waals surface area contributed by atoms with Crippen molar-refractivity contribution in [3.8, 4) is 39.9 Å². The minimum atomic E-state index is 0.639. The summed E-state index contributed by atoms with van der Waals surface area (Å²) in [7, 11) is 0. The second-order valence-electron chi connectivity index (χ2n) is 13.2. The van der Waals surface area contributed by atoms with Crippen molar-refractivity contribution in [2.75, 3.05) is 0 Å². The molecular formula is C47H28N4S. The Hall–Kier alpha value is -6.69. The molecule has 0 atom stereocenters. The highest BCUT2D eigenvalue weighted by Gasteiger charge is 2.20. The maximum atomic E-state index is 5.33. The van der Waals surface area contributed by atoms with Crippen LogP contribution in [0.25, 0.3) is 103 Å². The van der Waals surface area contributed by atoms with Crippen molar-refractivity contribution in [1.82, 2.24) is 19.5 Å². The van der Waals surface area contributed by atoms with Gasteiger partial charge in [-0.1, -0.05) is 133 Å². The number of hydrogen-bond acceptors (Lipinski definition) is 4. The Morgan fingerprint density at radius 3 is 1.87 bits per heavy atom. The van der Waals surface area contributed by atoms with Crippen molar-refractivity contribution in [2.45, 2.75) is 0 Å². The summed E-state index contributed by atoms with van der Waals surface area (Å²) in [5.41, 5.74) is 6.31. The number of nitrogens with zero attached hydrogens (tertiary/aromatic N) is 4. The quantitative estimate of drug-likeness (QED) is 0.174. The molecule has 11 aromatic rings. The molecule has 5 heteroatoms. The summed E-state index contributed by atoms with van der Waals surface area (Å²) in [5.74, 6) is 1.96. The van der Waals surface area contributed by atoms with Crippen LogP contribution in [0, 0.1) is 0 Å². The first kappa shape index (κ1) is 29.1. The van der Waals surface area contributed by atoms with Gasteiger partial charge in [-0.3, -0.25) is 0 Å². The van der Waals surface area contributed by atoms with Crippen LogP contribution in [-0.4, -0.2) is 19.5 Å². The van der Waals surface area contributed by atoms with Crippen LogP contribution in [-0.2, 0) is 0 Å². The van der Waals surface area contributed by atoms with Gasteiger partial charge in [0.2, 0.25) is 0 Å². The summed E-state index contributed by atoms with van der Waals surface area (Å²) in [6.45, 7) is 0. The Morgan fingerprint density at radius 1 is 0.385 bits per heavy atom. The van der Waals surface area contributed by atoms with E-state index in [1.165, 1.54) is 41.7 Å². The first-order valence-corrected chi connectivity index (χ1v) is 18.3. The van der Waals surface area contributed by atoms with E-state index in [0.717, 1.165) is 44.2 Å². The van der Waals surface area contributed by atoms with Crippen LogP contribution in [0.4, 0.5) is 0 Å². The van der Waals surface area contributed by atoms with Crippen molar-refractivity contribution < 1.29 is 0 Å². The minimum Gasteiger partial charge on any atom is -0.309 e. The molecule has 242 valence electrons. The molecule has 0 bridgehead atoms. The predicted molar refractivity (Wildman–Crippen MR) is 218 cm³/mol. The van der Waals surface area contributed by atoms with Gasteiger partial charge in [-0.25, -0.2) is 15.0 Å². The first-order valence-electron chi connectivity index (χ1n) is 17.5. The zero-order chi connectivity index (χ0) is 34.2. The molecule has 0 amide bonds. The molecule has 0 saturated carbocycles. The average Bonchev–Trinajstić information content (AvgIpc) is 3.76. The number of rotatable bonds is 4. The lowest BCUT2D eigenvalue weighted by Crippen LogP contribution is -2.01. The number of fused-ring (bicyclic) bond motifs is 9. The lowest BCUT2D eigenvalue weighted by atomic mass is 9.97. The summed E-state index contributed by atoms with van der Waals surface area (Å²) in [4.78, 5) is 16.0. The van der Waals surface area contributed by atoms with Crippen LogP contribution in [0.2, 0.25) is 0 Å². The van der Waals surface area contributed by atoms with Crippen molar-refractivity contribution in [3.05, 3.63) is 170 Å².